The second-order valence-electron chi connectivity index (χ2n) is 9.60. The highest BCUT2D eigenvalue weighted by Gasteiger charge is 2.51. The van der Waals surface area contributed by atoms with Crippen LogP contribution < -0.4 is 10.6 Å². The summed E-state index contributed by atoms with van der Waals surface area (Å²) in [4.78, 5) is 43.9. The molecule has 2 aliphatic rings. The fraction of sp³-hybridized carbons (Fsp3) is 0.258. The van der Waals surface area contributed by atoms with Crippen LogP contribution in [0.3, 0.4) is 0 Å². The van der Waals surface area contributed by atoms with Gasteiger partial charge in [-0.05, 0) is 67.6 Å². The minimum Gasteiger partial charge on any atom is -0.465 e. The molecule has 1 aromatic heterocycles. The molecule has 0 radical (unpaired) electrons. The van der Waals surface area contributed by atoms with Crippen molar-refractivity contribution in [2.24, 2.45) is 11.7 Å². The van der Waals surface area contributed by atoms with E-state index in [1.165, 1.54) is 34.4 Å². The molecule has 0 bridgehead atoms. The Labute approximate surface area is 246 Å². The number of hydrogen-bond donors (Lipinski definition) is 1. The molecule has 0 saturated carbocycles. The van der Waals surface area contributed by atoms with Crippen LogP contribution in [0.5, 0.6) is 0 Å². The maximum Gasteiger partial charge on any atom is 0.338 e. The van der Waals surface area contributed by atoms with Crippen molar-refractivity contribution in [3.8, 4) is 0 Å². The minimum atomic E-state index is -1.16. The number of allylic oxidation sites excluding steroid dienone is 2. The third-order valence-corrected chi connectivity index (χ3v) is 8.47. The molecular weight excluding hydrogens is 567 g/mol. The van der Waals surface area contributed by atoms with Crippen LogP contribution in [0, 0.1) is 11.7 Å². The Hall–Kier alpha value is -3.95. The van der Waals surface area contributed by atoms with E-state index in [-0.39, 0.29) is 36.6 Å². The molecule has 10 heteroatoms. The van der Waals surface area contributed by atoms with Gasteiger partial charge in [-0.3, -0.25) is 14.5 Å². The molecule has 7 nitrogen and oxygen atoms in total. The van der Waals surface area contributed by atoms with Gasteiger partial charge in [-0.2, -0.15) is 0 Å². The molecule has 41 heavy (non-hydrogen) atoms. The number of carbonyl (C=O) groups is 3. The van der Waals surface area contributed by atoms with Crippen LogP contribution in [0.25, 0.3) is 0 Å². The third kappa shape index (κ3) is 5.27. The average Bonchev–Trinajstić information content (AvgIpc) is 3.47. The van der Waals surface area contributed by atoms with Crippen LogP contribution in [-0.2, 0) is 23.9 Å². The summed E-state index contributed by atoms with van der Waals surface area (Å²) in [6.45, 7) is 3.50. The van der Waals surface area contributed by atoms with Gasteiger partial charge >= 0.3 is 11.9 Å². The molecule has 2 N–H and O–H groups in total. The van der Waals surface area contributed by atoms with Crippen LogP contribution in [0.15, 0.2) is 88.7 Å². The van der Waals surface area contributed by atoms with Crippen molar-refractivity contribution in [2.75, 3.05) is 18.1 Å². The predicted octanol–water partition coefficient (Wildman–Crippen LogP) is 6.07. The summed E-state index contributed by atoms with van der Waals surface area (Å²) in [5.41, 5.74) is 8.30. The summed E-state index contributed by atoms with van der Waals surface area (Å²) in [6, 6.07) is 16.2. The number of ketones is 1. The Morgan fingerprint density at radius 1 is 1.07 bits per heavy atom. The molecular formula is C31H28ClFN2O5S. The van der Waals surface area contributed by atoms with Crippen molar-refractivity contribution in [2.45, 2.75) is 32.1 Å². The molecule has 1 aliphatic heterocycles. The van der Waals surface area contributed by atoms with Crippen LogP contribution in [-0.4, -0.2) is 30.9 Å². The molecule has 3 atom stereocenters. The Morgan fingerprint density at radius 2 is 1.83 bits per heavy atom. The number of esters is 2. The lowest BCUT2D eigenvalue weighted by molar-refractivity contribution is -0.152. The van der Waals surface area contributed by atoms with Crippen LogP contribution in [0.1, 0.15) is 42.5 Å². The summed E-state index contributed by atoms with van der Waals surface area (Å²) >= 11 is 7.79. The van der Waals surface area contributed by atoms with Gasteiger partial charge in [-0.1, -0.05) is 35.9 Å². The minimum absolute atomic E-state index is 0.00246. The molecule has 0 fully saturated rings. The molecule has 212 valence electrons. The van der Waals surface area contributed by atoms with Gasteiger partial charge in [0.1, 0.15) is 17.6 Å². The van der Waals surface area contributed by atoms with Gasteiger partial charge in [0.2, 0.25) is 0 Å². The van der Waals surface area contributed by atoms with Crippen molar-refractivity contribution in [3.05, 3.63) is 110 Å². The van der Waals surface area contributed by atoms with E-state index < -0.39 is 41.3 Å². The van der Waals surface area contributed by atoms with Crippen molar-refractivity contribution in [1.29, 1.82) is 0 Å². The van der Waals surface area contributed by atoms with E-state index in [4.69, 9.17) is 26.8 Å². The lowest BCUT2D eigenvalue weighted by Gasteiger charge is -2.43. The number of halogens is 2. The Bertz CT molecular complexity index is 1570. The van der Waals surface area contributed by atoms with Gasteiger partial charge in [0.05, 0.1) is 30.4 Å². The van der Waals surface area contributed by atoms with Gasteiger partial charge in [0.15, 0.2) is 5.78 Å². The van der Waals surface area contributed by atoms with Crippen molar-refractivity contribution in [1.82, 2.24) is 0 Å². The van der Waals surface area contributed by atoms with Crippen molar-refractivity contribution in [3.63, 3.8) is 0 Å². The zero-order chi connectivity index (χ0) is 29.3. The van der Waals surface area contributed by atoms with E-state index in [1.54, 1.807) is 44.2 Å². The topological polar surface area (TPSA) is 98.9 Å². The largest absolute Gasteiger partial charge is 0.465 e. The van der Waals surface area contributed by atoms with Gasteiger partial charge < -0.3 is 15.2 Å². The van der Waals surface area contributed by atoms with E-state index in [0.29, 0.717) is 22.0 Å². The maximum absolute atomic E-state index is 14.6. The first kappa shape index (κ1) is 28.6. The highest BCUT2D eigenvalue weighted by molar-refractivity contribution is 7.10. The molecule has 0 unspecified atom stereocenters. The number of anilines is 1. The number of carbonyl (C=O) groups excluding carboxylic acids is 3. The van der Waals surface area contributed by atoms with Crippen LogP contribution >= 0.6 is 22.9 Å². The van der Waals surface area contributed by atoms with Crippen LogP contribution in [0.2, 0.25) is 5.02 Å². The Balaban J connectivity index is 1.82. The highest BCUT2D eigenvalue weighted by atomic mass is 35.5. The summed E-state index contributed by atoms with van der Waals surface area (Å²) < 4.78 is 25.3. The smallest absolute Gasteiger partial charge is 0.338 e. The monoisotopic (exact) mass is 594 g/mol. The predicted molar refractivity (Wildman–Crippen MR) is 155 cm³/mol. The molecule has 2 aromatic carbocycles. The Morgan fingerprint density at radius 3 is 2.49 bits per heavy atom. The molecule has 3 aromatic rings. The number of benzene rings is 2. The first-order chi connectivity index (χ1) is 19.8. The number of thiophene rings is 1. The molecule has 0 spiro atoms. The fourth-order valence-corrected chi connectivity index (χ4v) is 6.70. The molecule has 1 aliphatic carbocycles. The SMILES string of the molecule is CCOC(=O)C1=C(N)N(c2cccc(F)c2)C2=C(C(=O)[C@@H](C(=O)OCC)[C@H](c3cccs3)C2)[C@@H]1c1cccc(Cl)c1. The number of rotatable bonds is 7. The van der Waals surface area contributed by atoms with Gasteiger partial charge in [-0.25, -0.2) is 9.18 Å². The summed E-state index contributed by atoms with van der Waals surface area (Å²) in [6.07, 6.45) is 0.204. The van der Waals surface area contributed by atoms with E-state index in [2.05, 4.69) is 0 Å². The van der Waals surface area contributed by atoms with E-state index >= 15 is 0 Å². The summed E-state index contributed by atoms with van der Waals surface area (Å²) in [7, 11) is 0. The van der Waals surface area contributed by atoms with Crippen molar-refractivity contribution >= 4 is 46.3 Å². The van der Waals surface area contributed by atoms with Gasteiger partial charge in [0.25, 0.3) is 0 Å². The second-order valence-corrected chi connectivity index (χ2v) is 11.0. The first-order valence-corrected chi connectivity index (χ1v) is 14.5. The lowest BCUT2D eigenvalue weighted by atomic mass is 9.68. The zero-order valence-electron chi connectivity index (χ0n) is 22.4. The van der Waals surface area contributed by atoms with E-state index in [1.807, 2.05) is 17.5 Å². The quantitative estimate of drug-likeness (QED) is 0.262. The maximum atomic E-state index is 14.6. The van der Waals surface area contributed by atoms with E-state index in [0.717, 1.165) is 4.88 Å². The highest BCUT2D eigenvalue weighted by Crippen LogP contribution is 2.52. The Kier molecular flexibility index (Phi) is 8.28. The first-order valence-electron chi connectivity index (χ1n) is 13.2. The second kappa shape index (κ2) is 11.9. The number of nitrogens with two attached hydrogens (primary N) is 1. The molecule has 0 saturated heterocycles. The van der Waals surface area contributed by atoms with Gasteiger partial charge in [-0.15, -0.1) is 11.3 Å². The standard InChI is InChI=1S/C31H28ClFN2O5S/c1-3-39-30(37)25-21(23-12-7-13-41-23)16-22-26(28(25)36)24(17-8-5-9-18(32)14-17)27(31(38)40-4-2)29(34)35(22)20-11-6-10-19(33)15-20/h5-15,21,24-25H,3-4,16,34H2,1-2H3/t21-,24-,25-/m0/s1. The number of nitrogens with zero attached hydrogens (tertiary/aromatic N) is 1. The zero-order valence-corrected chi connectivity index (χ0v) is 24.0. The van der Waals surface area contributed by atoms with Crippen LogP contribution in [0.4, 0.5) is 10.1 Å². The summed E-state index contributed by atoms with van der Waals surface area (Å²) in [5.74, 6) is -5.10. The van der Waals surface area contributed by atoms with E-state index in [9.17, 15) is 18.8 Å². The number of ether oxygens (including phenoxy) is 2. The number of Topliss-reactive ketones (excluding diaryl/α,β-unsaturated/α-hetero) is 1. The molecule has 0 amide bonds. The van der Waals surface area contributed by atoms with Gasteiger partial charge in [0, 0.05) is 27.1 Å². The summed E-state index contributed by atoms with van der Waals surface area (Å²) in [5, 5.41) is 2.26. The molecule has 5 rings (SSSR count). The normalized spacial score (nSPS) is 20.6. The lowest BCUT2D eigenvalue weighted by Crippen LogP contribution is -2.46. The molecule has 2 heterocycles. The average molecular weight is 595 g/mol. The number of hydrogen-bond acceptors (Lipinski definition) is 8. The van der Waals surface area contributed by atoms with Crippen molar-refractivity contribution < 1.29 is 28.2 Å². The fourth-order valence-electron chi connectivity index (χ4n) is 5.64. The third-order valence-electron chi connectivity index (χ3n) is 7.23.